The zero-order chi connectivity index (χ0) is 32.8. The third-order valence-corrected chi connectivity index (χ3v) is 18.8. The molecule has 1 nitrogen and oxygen atoms in total. The fourth-order valence-corrected chi connectivity index (χ4v) is 14.9. The molecule has 48 heavy (non-hydrogen) atoms. The molecule has 234 valence electrons. The maximum Gasteiger partial charge on any atom is 0.113 e. The zero-order valence-corrected chi connectivity index (χ0v) is 30.5. The minimum absolute atomic E-state index is 0.0693. The van der Waals surface area contributed by atoms with Crippen molar-refractivity contribution < 1.29 is 0 Å². The Balaban J connectivity index is 1.17. The lowest BCUT2D eigenvalue weighted by atomic mass is 9.76. The van der Waals surface area contributed by atoms with Gasteiger partial charge < -0.3 is 4.90 Å². The van der Waals surface area contributed by atoms with Crippen LogP contribution in [0.25, 0.3) is 33.0 Å². The number of rotatable bonds is 4. The molecule has 0 saturated heterocycles. The molecule has 1 aliphatic carbocycles. The molecule has 0 saturated carbocycles. The van der Waals surface area contributed by atoms with E-state index in [0.29, 0.717) is 0 Å². The lowest BCUT2D eigenvalue weighted by Crippen LogP contribution is -2.49. The molecule has 0 spiro atoms. The number of allylic oxidation sites excluding steroid dienone is 3. The number of fused-ring (bicyclic) bond motifs is 7. The van der Waals surface area contributed by atoms with Crippen LogP contribution in [0.4, 0.5) is 11.4 Å². The molecule has 0 fully saturated rings. The number of hydrogen-bond acceptors (Lipinski definition) is 1. The van der Waals surface area contributed by atoms with Gasteiger partial charge in [0.15, 0.2) is 0 Å². The van der Waals surface area contributed by atoms with E-state index in [-0.39, 0.29) is 5.41 Å². The van der Waals surface area contributed by atoms with Crippen LogP contribution in [0.5, 0.6) is 0 Å². The van der Waals surface area contributed by atoms with Crippen LogP contribution in [-0.2, 0) is 5.41 Å². The Morgan fingerprint density at radius 3 is 1.83 bits per heavy atom. The molecule has 2 heterocycles. The van der Waals surface area contributed by atoms with Crippen molar-refractivity contribution in [2.45, 2.75) is 44.9 Å². The van der Waals surface area contributed by atoms with Gasteiger partial charge in [-0.05, 0) is 96.1 Å². The quantitative estimate of drug-likeness (QED) is 0.172. The van der Waals surface area contributed by atoms with E-state index in [4.69, 9.17) is 0 Å². The summed E-state index contributed by atoms with van der Waals surface area (Å²) >= 11 is 0. The van der Waals surface area contributed by atoms with Gasteiger partial charge in [-0.3, -0.25) is 0 Å². The van der Waals surface area contributed by atoms with E-state index in [1.165, 1.54) is 60.8 Å². The fourth-order valence-electron chi connectivity index (χ4n) is 8.77. The van der Waals surface area contributed by atoms with E-state index in [9.17, 15) is 0 Å². The van der Waals surface area contributed by atoms with Crippen molar-refractivity contribution in [3.05, 3.63) is 157 Å². The van der Waals surface area contributed by atoms with Crippen LogP contribution in [-0.4, -0.2) is 16.1 Å². The van der Waals surface area contributed by atoms with Crippen molar-refractivity contribution in [2.75, 3.05) is 4.90 Å². The Labute approximate surface area is 286 Å². The minimum Gasteiger partial charge on any atom is -0.311 e. The number of anilines is 2. The smallest absolute Gasteiger partial charge is 0.113 e. The summed E-state index contributed by atoms with van der Waals surface area (Å²) in [7, 11) is -3.59. The van der Waals surface area contributed by atoms with Crippen molar-refractivity contribution >= 4 is 59.0 Å². The second-order valence-corrected chi connectivity index (χ2v) is 23.9. The normalized spacial score (nSPS) is 19.3. The van der Waals surface area contributed by atoms with Gasteiger partial charge in [-0.2, -0.15) is 0 Å². The van der Waals surface area contributed by atoms with Crippen LogP contribution in [0.15, 0.2) is 151 Å². The molecule has 3 heteroatoms. The third kappa shape index (κ3) is 4.27. The molecule has 0 N–H and O–H groups in total. The van der Waals surface area contributed by atoms with Gasteiger partial charge in [0.25, 0.3) is 0 Å². The summed E-state index contributed by atoms with van der Waals surface area (Å²) in [5.41, 5.74) is 10.7. The van der Waals surface area contributed by atoms with Crippen molar-refractivity contribution in [2.24, 2.45) is 0 Å². The molecular weight excluding hydrogens is 611 g/mol. The summed E-state index contributed by atoms with van der Waals surface area (Å²) in [6.45, 7) is 12.4. The minimum atomic E-state index is -1.84. The van der Waals surface area contributed by atoms with Crippen LogP contribution in [0.1, 0.15) is 18.9 Å². The van der Waals surface area contributed by atoms with Gasteiger partial charge in [0, 0.05) is 22.5 Å². The summed E-state index contributed by atoms with van der Waals surface area (Å²) < 4.78 is 0. The number of nitrogens with zero attached hydrogens (tertiary/aromatic N) is 1. The molecule has 0 aromatic heterocycles. The summed E-state index contributed by atoms with van der Waals surface area (Å²) in [6, 6.07) is 48.4. The van der Waals surface area contributed by atoms with E-state index in [1.807, 2.05) is 0 Å². The average Bonchev–Trinajstić information content (AvgIpc) is 3.48. The average molecular weight is 652 g/mol. The van der Waals surface area contributed by atoms with Gasteiger partial charge in [-0.25, -0.2) is 0 Å². The van der Waals surface area contributed by atoms with Crippen LogP contribution in [0.2, 0.25) is 26.2 Å². The van der Waals surface area contributed by atoms with Crippen LogP contribution < -0.4 is 25.6 Å². The topological polar surface area (TPSA) is 3.24 Å². The van der Waals surface area contributed by atoms with Crippen molar-refractivity contribution in [3.63, 3.8) is 0 Å². The first-order valence-corrected chi connectivity index (χ1v) is 23.3. The summed E-state index contributed by atoms with van der Waals surface area (Å²) in [4.78, 5) is 2.53. The Hall–Kier alpha value is -4.71. The summed E-state index contributed by atoms with van der Waals surface area (Å²) in [6.07, 6.45) is 8.24. The molecular formula is C45H41NSi2. The molecule has 6 aromatic rings. The van der Waals surface area contributed by atoms with Gasteiger partial charge in [-0.1, -0.05) is 148 Å². The maximum atomic E-state index is 2.53. The summed E-state index contributed by atoms with van der Waals surface area (Å²) in [5, 5.41) is 8.77. The first kappa shape index (κ1) is 29.4. The Morgan fingerprint density at radius 2 is 1.10 bits per heavy atom. The number of hydrogen-bond donors (Lipinski definition) is 0. The van der Waals surface area contributed by atoms with Crippen molar-refractivity contribution in [1.82, 2.24) is 0 Å². The predicted octanol–water partition coefficient (Wildman–Crippen LogP) is 9.39. The van der Waals surface area contributed by atoms with Gasteiger partial charge in [0.05, 0.1) is 0 Å². The SMILES string of the molecule is CC1(c2ccc3ccccc3c2)C=CC(N(c2ccc3c(c2)-c2ccccc2[Si]3(C)C)c2ccc3c(c2)[Si](C)(C)c2ccccc2-3)=CC1. The maximum absolute atomic E-state index is 2.53. The Bertz CT molecular complexity index is 2360. The van der Waals surface area contributed by atoms with Crippen LogP contribution in [0, 0.1) is 0 Å². The predicted molar refractivity (Wildman–Crippen MR) is 213 cm³/mol. The first-order valence-electron chi connectivity index (χ1n) is 17.3. The van der Waals surface area contributed by atoms with E-state index >= 15 is 0 Å². The molecule has 1 unspecified atom stereocenters. The lowest BCUT2D eigenvalue weighted by Gasteiger charge is -2.34. The molecule has 3 aliphatic rings. The van der Waals surface area contributed by atoms with E-state index < -0.39 is 16.1 Å². The Kier molecular flexibility index (Phi) is 6.37. The van der Waals surface area contributed by atoms with E-state index in [0.717, 1.165) is 6.42 Å². The second-order valence-electron chi connectivity index (χ2n) is 15.3. The van der Waals surface area contributed by atoms with Gasteiger partial charge in [-0.15, -0.1) is 0 Å². The molecule has 0 amide bonds. The fraction of sp³-hybridized carbons (Fsp3) is 0.156. The Morgan fingerprint density at radius 1 is 0.521 bits per heavy atom. The van der Waals surface area contributed by atoms with Gasteiger partial charge >= 0.3 is 0 Å². The first-order chi connectivity index (χ1) is 23.1. The zero-order valence-electron chi connectivity index (χ0n) is 28.5. The number of benzene rings is 6. The highest BCUT2D eigenvalue weighted by Gasteiger charge is 2.39. The molecule has 0 radical (unpaired) electrons. The molecule has 0 bridgehead atoms. The van der Waals surface area contributed by atoms with Crippen LogP contribution in [0.3, 0.4) is 0 Å². The molecule has 1 atom stereocenters. The van der Waals surface area contributed by atoms with E-state index in [2.05, 4.69) is 184 Å². The van der Waals surface area contributed by atoms with E-state index in [1.54, 1.807) is 15.6 Å². The lowest BCUT2D eigenvalue weighted by molar-refractivity contribution is 0.596. The highest BCUT2D eigenvalue weighted by molar-refractivity contribution is 7.04. The highest BCUT2D eigenvalue weighted by atomic mass is 28.3. The van der Waals surface area contributed by atoms with Crippen LogP contribution >= 0.6 is 0 Å². The van der Waals surface area contributed by atoms with Gasteiger partial charge in [0.2, 0.25) is 0 Å². The van der Waals surface area contributed by atoms with Crippen molar-refractivity contribution in [1.29, 1.82) is 0 Å². The molecule has 9 rings (SSSR count). The third-order valence-electron chi connectivity index (χ3n) is 11.7. The molecule has 6 aromatic carbocycles. The standard InChI is InChI=1S/C45H41NSi2/c1-45(33-19-18-31-12-6-7-13-32(31)28-33)26-24-34(25-27-45)46(35-21-23-43-40(29-35)38-15-9-11-17-42(38)47(43,2)3)36-20-22-39-37-14-8-10-16-41(37)48(4,5)44(39)30-36/h6-26,28-30H,27H2,1-5H3. The second kappa shape index (κ2) is 10.4. The van der Waals surface area contributed by atoms with Gasteiger partial charge in [0.1, 0.15) is 16.1 Å². The largest absolute Gasteiger partial charge is 0.311 e. The molecule has 2 aliphatic heterocycles. The monoisotopic (exact) mass is 651 g/mol. The summed E-state index contributed by atoms with van der Waals surface area (Å²) in [5.74, 6) is 0. The van der Waals surface area contributed by atoms with Crippen molar-refractivity contribution in [3.8, 4) is 22.3 Å². The highest BCUT2D eigenvalue weighted by Crippen LogP contribution is 2.41.